The van der Waals surface area contributed by atoms with Crippen LogP contribution in [0.15, 0.2) is 12.7 Å². The van der Waals surface area contributed by atoms with Crippen LogP contribution >= 0.6 is 0 Å². The third kappa shape index (κ3) is 13.0. The number of hydrogen-bond acceptors (Lipinski definition) is 4. The number of aliphatic hydroxyl groups is 1. The molecule has 0 aliphatic rings. The molecule has 0 bridgehead atoms. The van der Waals surface area contributed by atoms with Gasteiger partial charge in [-0.2, -0.15) is 0 Å². The minimum absolute atomic E-state index is 0.0555. The molecule has 0 unspecified atom stereocenters. The Bertz CT molecular complexity index is 850. The van der Waals surface area contributed by atoms with Gasteiger partial charge in [0.1, 0.15) is 0 Å². The van der Waals surface area contributed by atoms with Crippen LogP contribution < -0.4 is 0 Å². The standard InChI is InChI=1S/C37H80O4Si3/c1-22-28(3)33(38)29(4)25-27(2)23-24-32(40-43(18,19)36(10,11)12)31(6)34(41-44(20,21)37(13,14)15)30(5)26-39-42(16,17)35(7,8)9/h22,27-34,38H,1,23-26H2,2-21H3/t27-,28-,29+,30-,31-,32+,33-,34-/m0/s1. The van der Waals surface area contributed by atoms with Crippen LogP contribution in [0.4, 0.5) is 0 Å². The van der Waals surface area contributed by atoms with Crippen LogP contribution in [0.1, 0.15) is 116 Å². The highest BCUT2D eigenvalue weighted by molar-refractivity contribution is 6.75. The molecule has 0 radical (unpaired) electrons. The van der Waals surface area contributed by atoms with Gasteiger partial charge in [0.15, 0.2) is 25.0 Å². The molecule has 0 aromatic rings. The maximum absolute atomic E-state index is 10.8. The highest BCUT2D eigenvalue weighted by Crippen LogP contribution is 2.43. The van der Waals surface area contributed by atoms with Crippen molar-refractivity contribution in [3.8, 4) is 0 Å². The van der Waals surface area contributed by atoms with Crippen LogP contribution in [0.3, 0.4) is 0 Å². The van der Waals surface area contributed by atoms with Gasteiger partial charge in [0.25, 0.3) is 0 Å². The number of hydrogen-bond donors (Lipinski definition) is 1. The van der Waals surface area contributed by atoms with Crippen molar-refractivity contribution in [3.63, 3.8) is 0 Å². The lowest BCUT2D eigenvalue weighted by Crippen LogP contribution is -2.53. The van der Waals surface area contributed by atoms with Crippen molar-refractivity contribution in [2.24, 2.45) is 29.6 Å². The molecule has 4 nitrogen and oxygen atoms in total. The van der Waals surface area contributed by atoms with Gasteiger partial charge in [-0.15, -0.1) is 6.58 Å². The lowest BCUT2D eigenvalue weighted by Gasteiger charge is -2.47. The molecule has 0 fully saturated rings. The fraction of sp³-hybridized carbons (Fsp3) is 0.946. The van der Waals surface area contributed by atoms with E-state index in [-0.39, 0.29) is 57.1 Å². The number of rotatable bonds is 18. The molecular formula is C37H80O4Si3. The van der Waals surface area contributed by atoms with Gasteiger partial charge < -0.3 is 18.4 Å². The molecule has 0 aliphatic carbocycles. The summed E-state index contributed by atoms with van der Waals surface area (Å²) in [6.07, 6.45) is 4.76. The molecule has 0 spiro atoms. The van der Waals surface area contributed by atoms with Gasteiger partial charge in [0, 0.05) is 18.4 Å². The van der Waals surface area contributed by atoms with Crippen molar-refractivity contribution in [1.29, 1.82) is 0 Å². The average molecular weight is 673 g/mol. The first-order valence-electron chi connectivity index (χ1n) is 17.7. The van der Waals surface area contributed by atoms with Crippen molar-refractivity contribution in [2.45, 2.75) is 189 Å². The van der Waals surface area contributed by atoms with Gasteiger partial charge in [-0.1, -0.05) is 103 Å². The van der Waals surface area contributed by atoms with E-state index < -0.39 is 25.0 Å². The van der Waals surface area contributed by atoms with E-state index in [9.17, 15) is 5.11 Å². The molecule has 0 aromatic carbocycles. The van der Waals surface area contributed by atoms with Crippen molar-refractivity contribution in [3.05, 3.63) is 12.7 Å². The van der Waals surface area contributed by atoms with Crippen LogP contribution in [0.2, 0.25) is 54.4 Å². The third-order valence-corrected chi connectivity index (χ3v) is 25.4. The van der Waals surface area contributed by atoms with Gasteiger partial charge in [0.2, 0.25) is 0 Å². The Labute approximate surface area is 280 Å². The van der Waals surface area contributed by atoms with Crippen LogP contribution in [-0.2, 0) is 13.3 Å². The smallest absolute Gasteiger partial charge is 0.192 e. The van der Waals surface area contributed by atoms with E-state index in [0.29, 0.717) is 5.92 Å². The van der Waals surface area contributed by atoms with E-state index >= 15 is 0 Å². The highest BCUT2D eigenvalue weighted by Gasteiger charge is 2.46. The summed E-state index contributed by atoms with van der Waals surface area (Å²) in [5, 5.41) is 11.2. The van der Waals surface area contributed by atoms with E-state index in [4.69, 9.17) is 13.3 Å². The minimum atomic E-state index is -2.06. The summed E-state index contributed by atoms with van der Waals surface area (Å²) < 4.78 is 21.5. The Balaban J connectivity index is 6.42. The van der Waals surface area contributed by atoms with Crippen molar-refractivity contribution >= 4 is 25.0 Å². The third-order valence-electron chi connectivity index (χ3n) is 11.9. The first-order chi connectivity index (χ1) is 19.4. The lowest BCUT2D eigenvalue weighted by molar-refractivity contribution is -0.0108. The van der Waals surface area contributed by atoms with Crippen LogP contribution in [0.5, 0.6) is 0 Å². The number of aliphatic hydroxyl groups excluding tert-OH is 1. The highest BCUT2D eigenvalue weighted by atomic mass is 28.4. The Hall–Kier alpha value is 0.231. The van der Waals surface area contributed by atoms with Gasteiger partial charge in [-0.05, 0) is 91.4 Å². The summed E-state index contributed by atoms with van der Waals surface area (Å²) in [5.41, 5.74) is 0. The molecule has 1 N–H and O–H groups in total. The van der Waals surface area contributed by atoms with Gasteiger partial charge in [-0.25, -0.2) is 0 Å². The van der Waals surface area contributed by atoms with E-state index in [1.807, 2.05) is 6.08 Å². The van der Waals surface area contributed by atoms with Crippen LogP contribution in [0, 0.1) is 29.6 Å². The molecule has 44 heavy (non-hydrogen) atoms. The second-order valence-corrected chi connectivity index (χ2v) is 33.5. The largest absolute Gasteiger partial charge is 0.416 e. The molecule has 0 rings (SSSR count). The maximum Gasteiger partial charge on any atom is 0.192 e. The molecule has 0 aliphatic heterocycles. The summed E-state index contributed by atoms with van der Waals surface area (Å²) in [5.74, 6) is 1.32. The molecule has 0 saturated heterocycles. The first-order valence-corrected chi connectivity index (χ1v) is 26.4. The topological polar surface area (TPSA) is 47.9 Å². The Kier molecular flexibility index (Phi) is 16.6. The van der Waals surface area contributed by atoms with Gasteiger partial charge in [-0.3, -0.25) is 0 Å². The lowest BCUT2D eigenvalue weighted by atomic mass is 9.83. The second kappa shape index (κ2) is 16.6. The molecule has 264 valence electrons. The summed E-state index contributed by atoms with van der Waals surface area (Å²) in [6, 6.07) is 0. The normalized spacial score (nSPS) is 19.9. The zero-order chi connectivity index (χ0) is 35.3. The average Bonchev–Trinajstić information content (AvgIpc) is 2.84. The predicted octanol–water partition coefficient (Wildman–Crippen LogP) is 11.7. The zero-order valence-electron chi connectivity index (χ0n) is 33.4. The minimum Gasteiger partial charge on any atom is -0.416 e. The van der Waals surface area contributed by atoms with E-state index in [1.165, 1.54) is 0 Å². The van der Waals surface area contributed by atoms with Gasteiger partial charge >= 0.3 is 0 Å². The van der Waals surface area contributed by atoms with Crippen molar-refractivity contribution in [2.75, 3.05) is 6.61 Å². The fourth-order valence-corrected chi connectivity index (χ4v) is 9.14. The van der Waals surface area contributed by atoms with E-state index in [2.05, 4.69) is 143 Å². The molecule has 7 heteroatoms. The molecule has 8 atom stereocenters. The quantitative estimate of drug-likeness (QED) is 0.116. The second-order valence-electron chi connectivity index (χ2n) is 19.1. The fourth-order valence-electron chi connectivity index (χ4n) is 5.10. The molecule has 0 amide bonds. The summed E-state index contributed by atoms with van der Waals surface area (Å²) in [6.45, 7) is 51.2. The SMILES string of the molecule is C=C[C@H](C)[C@H](O)[C@H](C)C[C@@H](C)CC[C@@H](O[Si](C)(C)C(C)(C)C)[C@H](C)[C@@H](O[Si](C)(C)C(C)(C)C)[C@@H](C)CO[Si](C)(C)C(C)(C)C. The van der Waals surface area contributed by atoms with Crippen molar-refractivity contribution in [1.82, 2.24) is 0 Å². The Morgan fingerprint density at radius 2 is 1.09 bits per heavy atom. The zero-order valence-corrected chi connectivity index (χ0v) is 36.4. The van der Waals surface area contributed by atoms with Crippen LogP contribution in [-0.4, -0.2) is 55.0 Å². The summed E-state index contributed by atoms with van der Waals surface area (Å²) >= 11 is 0. The predicted molar refractivity (Wildman–Crippen MR) is 203 cm³/mol. The van der Waals surface area contributed by atoms with E-state index in [0.717, 1.165) is 25.9 Å². The monoisotopic (exact) mass is 673 g/mol. The molecule has 0 aromatic heterocycles. The first kappa shape index (κ1) is 44.2. The summed E-state index contributed by atoms with van der Waals surface area (Å²) in [7, 11) is -6.00. The Morgan fingerprint density at radius 3 is 1.50 bits per heavy atom. The molecule has 0 heterocycles. The summed E-state index contributed by atoms with van der Waals surface area (Å²) in [4.78, 5) is 0. The molecule has 0 saturated carbocycles. The van der Waals surface area contributed by atoms with Crippen LogP contribution in [0.25, 0.3) is 0 Å². The molecular weight excluding hydrogens is 593 g/mol. The maximum atomic E-state index is 10.8. The van der Waals surface area contributed by atoms with Gasteiger partial charge in [0.05, 0.1) is 18.3 Å². The van der Waals surface area contributed by atoms with E-state index in [1.54, 1.807) is 0 Å². The Morgan fingerprint density at radius 1 is 0.659 bits per heavy atom. The van der Waals surface area contributed by atoms with Crippen molar-refractivity contribution < 1.29 is 18.4 Å².